The van der Waals surface area contributed by atoms with E-state index in [2.05, 4.69) is 26.4 Å². The number of aryl methyl sites for hydroxylation is 1. The summed E-state index contributed by atoms with van der Waals surface area (Å²) in [5, 5.41) is 0. The van der Waals surface area contributed by atoms with Crippen LogP contribution in [0.25, 0.3) is 11.3 Å². The molecule has 2 aromatic heterocycles. The normalized spacial score (nSPS) is 31.2. The highest BCUT2D eigenvalue weighted by atomic mass is 19.4. The first-order valence-corrected chi connectivity index (χ1v) is 11.8. The number of halogens is 3. The van der Waals surface area contributed by atoms with Crippen LogP contribution in [0.4, 0.5) is 13.2 Å². The number of nitrogens with zero attached hydrogens (tertiary/aromatic N) is 5. The Bertz CT molecular complexity index is 1010. The quantitative estimate of drug-likeness (QED) is 0.702. The molecule has 5 nitrogen and oxygen atoms in total. The number of alkyl halides is 3. The van der Waals surface area contributed by atoms with Crippen molar-refractivity contribution in [3.63, 3.8) is 0 Å². The van der Waals surface area contributed by atoms with Gasteiger partial charge in [-0.25, -0.2) is 4.98 Å². The zero-order chi connectivity index (χ0) is 22.2. The molecule has 2 unspecified atom stereocenters. The average Bonchev–Trinajstić information content (AvgIpc) is 3.62. The molecule has 6 rings (SSSR count). The zero-order valence-corrected chi connectivity index (χ0v) is 18.6. The van der Waals surface area contributed by atoms with E-state index in [1.807, 2.05) is 6.20 Å². The smallest absolute Gasteiger partial charge is 0.330 e. The van der Waals surface area contributed by atoms with Gasteiger partial charge >= 0.3 is 6.18 Å². The van der Waals surface area contributed by atoms with E-state index >= 15 is 0 Å². The number of likely N-dealkylation sites (N-methyl/N-ethyl adjacent to an activating group) is 1. The maximum atomic E-state index is 13.4. The van der Waals surface area contributed by atoms with Crippen LogP contribution in [0.2, 0.25) is 0 Å². The minimum absolute atomic E-state index is 0.00905. The first kappa shape index (κ1) is 20.7. The lowest BCUT2D eigenvalue weighted by molar-refractivity contribution is -0.138. The van der Waals surface area contributed by atoms with Crippen LogP contribution < -0.4 is 0 Å². The first-order valence-electron chi connectivity index (χ1n) is 11.8. The van der Waals surface area contributed by atoms with Crippen LogP contribution in [0.5, 0.6) is 0 Å². The van der Waals surface area contributed by atoms with Crippen LogP contribution in [0, 0.1) is 18.8 Å². The fourth-order valence-electron chi connectivity index (χ4n) is 6.07. The Hall–Kier alpha value is -1.93. The van der Waals surface area contributed by atoms with Crippen molar-refractivity contribution in [3.05, 3.63) is 35.5 Å². The molecule has 2 aromatic rings. The summed E-state index contributed by atoms with van der Waals surface area (Å²) >= 11 is 0. The van der Waals surface area contributed by atoms with Gasteiger partial charge in [0.2, 0.25) is 0 Å². The number of imidazole rings is 1. The van der Waals surface area contributed by atoms with Gasteiger partial charge in [0.05, 0.1) is 11.3 Å². The van der Waals surface area contributed by atoms with Crippen LogP contribution >= 0.6 is 0 Å². The maximum absolute atomic E-state index is 13.4. The number of rotatable bonds is 4. The highest BCUT2D eigenvalue weighted by Crippen LogP contribution is 2.62. The Morgan fingerprint density at radius 2 is 1.72 bits per heavy atom. The molecule has 0 bridgehead atoms. The third-order valence-corrected chi connectivity index (χ3v) is 8.14. The molecule has 0 aromatic carbocycles. The standard InChI is InChI=1S/C24H30F3N5/c1-14-20(24(25,26)27)9-16(12-28-14)21-13-32(23(29-21)15-3-4-15)22-18-10-17(11-19(18)22)31-7-5-30(2)6-8-31/h9,12-13,15,17-19,22H,3-8,10-11H2,1-2H3/t17?,18-,19+,22?. The van der Waals surface area contributed by atoms with Gasteiger partial charge in [-0.15, -0.1) is 0 Å². The van der Waals surface area contributed by atoms with E-state index < -0.39 is 11.7 Å². The van der Waals surface area contributed by atoms with Crippen molar-refractivity contribution in [1.82, 2.24) is 24.3 Å². The van der Waals surface area contributed by atoms with E-state index in [4.69, 9.17) is 4.98 Å². The third kappa shape index (κ3) is 3.55. The van der Waals surface area contributed by atoms with Crippen molar-refractivity contribution in [1.29, 1.82) is 0 Å². The first-order chi connectivity index (χ1) is 15.3. The number of aromatic nitrogens is 3. The molecular formula is C24H30F3N5. The summed E-state index contributed by atoms with van der Waals surface area (Å²) < 4.78 is 42.5. The monoisotopic (exact) mass is 445 g/mol. The molecule has 1 saturated heterocycles. The molecule has 1 aliphatic heterocycles. The van der Waals surface area contributed by atoms with Gasteiger partial charge in [-0.3, -0.25) is 9.88 Å². The van der Waals surface area contributed by atoms with Gasteiger partial charge in [0.15, 0.2) is 0 Å². The second-order valence-electron chi connectivity index (χ2n) is 10.3. The largest absolute Gasteiger partial charge is 0.418 e. The van der Waals surface area contributed by atoms with Crippen molar-refractivity contribution in [3.8, 4) is 11.3 Å². The van der Waals surface area contributed by atoms with Gasteiger partial charge in [0.25, 0.3) is 0 Å². The van der Waals surface area contributed by atoms with E-state index in [0.29, 0.717) is 41.1 Å². The fraction of sp³-hybridized carbons (Fsp3) is 0.667. The minimum Gasteiger partial charge on any atom is -0.330 e. The molecule has 3 saturated carbocycles. The van der Waals surface area contributed by atoms with E-state index in [9.17, 15) is 13.2 Å². The topological polar surface area (TPSA) is 37.2 Å². The summed E-state index contributed by atoms with van der Waals surface area (Å²) in [5.74, 6) is 2.89. The van der Waals surface area contributed by atoms with E-state index in [1.165, 1.54) is 32.0 Å². The van der Waals surface area contributed by atoms with E-state index in [1.54, 1.807) is 0 Å². The molecule has 32 heavy (non-hydrogen) atoms. The lowest BCUT2D eigenvalue weighted by Gasteiger charge is -2.37. The maximum Gasteiger partial charge on any atom is 0.418 e. The summed E-state index contributed by atoms with van der Waals surface area (Å²) in [4.78, 5) is 13.9. The summed E-state index contributed by atoms with van der Waals surface area (Å²) in [6.07, 6.45) is 3.87. The Morgan fingerprint density at radius 1 is 1.03 bits per heavy atom. The number of hydrogen-bond donors (Lipinski definition) is 0. The van der Waals surface area contributed by atoms with Crippen LogP contribution in [-0.2, 0) is 6.18 Å². The van der Waals surface area contributed by atoms with Crippen LogP contribution in [0.1, 0.15) is 54.7 Å². The van der Waals surface area contributed by atoms with Crippen LogP contribution in [0.15, 0.2) is 18.5 Å². The summed E-state index contributed by atoms with van der Waals surface area (Å²) in [7, 11) is 2.19. The van der Waals surface area contributed by atoms with Gasteiger partial charge in [-0.1, -0.05) is 0 Å². The molecule has 0 N–H and O–H groups in total. The molecular weight excluding hydrogens is 415 g/mol. The van der Waals surface area contributed by atoms with Gasteiger partial charge in [-0.05, 0) is 57.6 Å². The minimum atomic E-state index is -4.40. The number of piperazine rings is 1. The van der Waals surface area contributed by atoms with Crippen LogP contribution in [0.3, 0.4) is 0 Å². The lowest BCUT2D eigenvalue weighted by atomic mass is 10.1. The highest BCUT2D eigenvalue weighted by Gasteiger charge is 2.59. The summed E-state index contributed by atoms with van der Waals surface area (Å²) in [5.41, 5.74) is 0.431. The lowest BCUT2D eigenvalue weighted by Crippen LogP contribution is -2.48. The van der Waals surface area contributed by atoms with Crippen molar-refractivity contribution in [2.45, 2.75) is 56.8 Å². The number of fused-ring (bicyclic) bond motifs is 1. The highest BCUT2D eigenvalue weighted by molar-refractivity contribution is 5.59. The van der Waals surface area contributed by atoms with Gasteiger partial charge in [0.1, 0.15) is 5.82 Å². The molecule has 0 spiro atoms. The molecule has 8 heteroatoms. The van der Waals surface area contributed by atoms with Crippen molar-refractivity contribution < 1.29 is 13.2 Å². The SMILES string of the molecule is Cc1ncc(-c2cn(C3[C@H]4CC(N5CCN(C)CC5)C[C@@H]34)c(C3CC3)n2)cc1C(F)(F)F. The van der Waals surface area contributed by atoms with Crippen molar-refractivity contribution in [2.24, 2.45) is 11.8 Å². The van der Waals surface area contributed by atoms with Crippen molar-refractivity contribution >= 4 is 0 Å². The van der Waals surface area contributed by atoms with E-state index in [-0.39, 0.29) is 5.69 Å². The van der Waals surface area contributed by atoms with Crippen LogP contribution in [-0.4, -0.2) is 63.6 Å². The van der Waals surface area contributed by atoms with Gasteiger partial charge in [0, 0.05) is 67.8 Å². The zero-order valence-electron chi connectivity index (χ0n) is 18.6. The second kappa shape index (κ2) is 7.29. The molecule has 4 atom stereocenters. The molecule has 172 valence electrons. The molecule has 3 aliphatic carbocycles. The van der Waals surface area contributed by atoms with Gasteiger partial charge in [-0.2, -0.15) is 13.2 Å². The third-order valence-electron chi connectivity index (χ3n) is 8.14. The Morgan fingerprint density at radius 3 is 2.34 bits per heavy atom. The number of hydrogen-bond acceptors (Lipinski definition) is 4. The van der Waals surface area contributed by atoms with E-state index in [0.717, 1.165) is 44.8 Å². The molecule has 0 amide bonds. The predicted molar refractivity (Wildman–Crippen MR) is 115 cm³/mol. The Labute approximate surface area is 186 Å². The Kier molecular flexibility index (Phi) is 4.70. The summed E-state index contributed by atoms with van der Waals surface area (Å²) in [6, 6.07) is 2.37. The molecule has 0 radical (unpaired) electrons. The predicted octanol–water partition coefficient (Wildman–Crippen LogP) is 4.35. The fourth-order valence-corrected chi connectivity index (χ4v) is 6.07. The van der Waals surface area contributed by atoms with Crippen molar-refractivity contribution in [2.75, 3.05) is 33.2 Å². The Balaban J connectivity index is 1.23. The second-order valence-corrected chi connectivity index (χ2v) is 10.3. The average molecular weight is 446 g/mol. The van der Waals surface area contributed by atoms with Gasteiger partial charge < -0.3 is 9.47 Å². The molecule has 3 heterocycles. The number of pyridine rings is 1. The summed E-state index contributed by atoms with van der Waals surface area (Å²) in [6.45, 7) is 6.03. The molecule has 4 aliphatic rings. The molecule has 4 fully saturated rings.